The first-order valence-corrected chi connectivity index (χ1v) is 10.1. The second-order valence-corrected chi connectivity index (χ2v) is 7.99. The number of aromatic nitrogens is 4. The van der Waals surface area contributed by atoms with E-state index in [2.05, 4.69) is 20.4 Å². The standard InChI is InChI=1S/C22H19F4N5O3/c1-12-3-4-13(19-29-18(34-30-19)7-8-21(2,33)22(24,25)26)9-15(12)28-20(32)16-10-27-17-6-5-14(23)11-31(16)17/h3-6,9-11,33H,7-8H2,1-2H3,(H,28,32)/t21-/m1/s1. The second kappa shape index (κ2) is 8.52. The van der Waals surface area contributed by atoms with Gasteiger partial charge in [-0.05, 0) is 44.0 Å². The summed E-state index contributed by atoms with van der Waals surface area (Å²) < 4.78 is 58.4. The van der Waals surface area contributed by atoms with E-state index in [1.807, 2.05) is 0 Å². The Kier molecular flexibility index (Phi) is 5.86. The fourth-order valence-electron chi connectivity index (χ4n) is 3.17. The number of hydrogen-bond acceptors (Lipinski definition) is 6. The lowest BCUT2D eigenvalue weighted by Gasteiger charge is -2.25. The fourth-order valence-corrected chi connectivity index (χ4v) is 3.17. The van der Waals surface area contributed by atoms with Gasteiger partial charge in [-0.15, -0.1) is 0 Å². The maximum Gasteiger partial charge on any atom is 0.416 e. The molecule has 178 valence electrons. The second-order valence-electron chi connectivity index (χ2n) is 7.99. The summed E-state index contributed by atoms with van der Waals surface area (Å²) in [5, 5.41) is 16.1. The van der Waals surface area contributed by atoms with Crippen LogP contribution in [0, 0.1) is 12.7 Å². The third-order valence-corrected chi connectivity index (χ3v) is 5.35. The van der Waals surface area contributed by atoms with Crippen molar-refractivity contribution in [3.05, 3.63) is 65.7 Å². The summed E-state index contributed by atoms with van der Waals surface area (Å²) in [6.45, 7) is 2.44. The number of rotatable bonds is 6. The molecule has 4 rings (SSSR count). The minimum atomic E-state index is -4.79. The van der Waals surface area contributed by atoms with Crippen molar-refractivity contribution < 1.29 is 32.0 Å². The van der Waals surface area contributed by atoms with Crippen LogP contribution in [0.15, 0.2) is 47.2 Å². The van der Waals surface area contributed by atoms with Gasteiger partial charge in [0.15, 0.2) is 5.60 Å². The Labute approximate surface area is 190 Å². The molecule has 0 unspecified atom stereocenters. The molecule has 0 spiro atoms. The van der Waals surface area contributed by atoms with Gasteiger partial charge in [-0.2, -0.15) is 18.2 Å². The Morgan fingerprint density at radius 1 is 1.24 bits per heavy atom. The van der Waals surface area contributed by atoms with Gasteiger partial charge in [0.2, 0.25) is 11.7 Å². The zero-order valence-corrected chi connectivity index (χ0v) is 18.0. The highest BCUT2D eigenvalue weighted by molar-refractivity contribution is 6.04. The van der Waals surface area contributed by atoms with Crippen molar-refractivity contribution in [3.8, 4) is 11.4 Å². The van der Waals surface area contributed by atoms with Crippen LogP contribution in [0.5, 0.6) is 0 Å². The minimum Gasteiger partial charge on any atom is -0.381 e. The highest BCUT2D eigenvalue weighted by Crippen LogP contribution is 2.33. The van der Waals surface area contributed by atoms with Crippen molar-refractivity contribution in [1.29, 1.82) is 0 Å². The van der Waals surface area contributed by atoms with Crippen LogP contribution in [0.2, 0.25) is 0 Å². The average Bonchev–Trinajstić information content (AvgIpc) is 3.40. The zero-order chi connectivity index (χ0) is 24.7. The molecule has 1 aromatic carbocycles. The summed E-state index contributed by atoms with van der Waals surface area (Å²) >= 11 is 0. The van der Waals surface area contributed by atoms with Crippen LogP contribution in [-0.2, 0) is 6.42 Å². The molecular weight excluding hydrogens is 458 g/mol. The first kappa shape index (κ1) is 23.4. The van der Waals surface area contributed by atoms with Crippen LogP contribution in [0.1, 0.15) is 35.3 Å². The number of imidazole rings is 1. The molecule has 0 aliphatic carbocycles. The highest BCUT2D eigenvalue weighted by atomic mass is 19.4. The molecule has 0 fully saturated rings. The molecule has 2 N–H and O–H groups in total. The topological polar surface area (TPSA) is 106 Å². The number of hydrogen-bond donors (Lipinski definition) is 2. The van der Waals surface area contributed by atoms with Gasteiger partial charge in [-0.1, -0.05) is 17.3 Å². The normalized spacial score (nSPS) is 13.7. The third kappa shape index (κ3) is 4.62. The Morgan fingerprint density at radius 3 is 2.74 bits per heavy atom. The summed E-state index contributed by atoms with van der Waals surface area (Å²) in [4.78, 5) is 21.0. The zero-order valence-electron chi connectivity index (χ0n) is 18.0. The lowest BCUT2D eigenvalue weighted by molar-refractivity contribution is -0.255. The monoisotopic (exact) mass is 477 g/mol. The highest BCUT2D eigenvalue weighted by Gasteiger charge is 2.49. The molecule has 1 atom stereocenters. The summed E-state index contributed by atoms with van der Waals surface area (Å²) in [5.41, 5.74) is -0.785. The summed E-state index contributed by atoms with van der Waals surface area (Å²) in [6.07, 6.45) is -3.23. The number of anilines is 1. The van der Waals surface area contributed by atoms with E-state index in [0.717, 1.165) is 6.20 Å². The predicted octanol–water partition coefficient (Wildman–Crippen LogP) is 4.33. The van der Waals surface area contributed by atoms with E-state index >= 15 is 0 Å². The number of carbonyl (C=O) groups is 1. The van der Waals surface area contributed by atoms with Crippen molar-refractivity contribution in [2.75, 3.05) is 5.32 Å². The maximum atomic E-state index is 13.6. The van der Waals surface area contributed by atoms with Crippen molar-refractivity contribution in [1.82, 2.24) is 19.5 Å². The molecule has 0 saturated heterocycles. The van der Waals surface area contributed by atoms with Gasteiger partial charge in [-0.25, -0.2) is 9.37 Å². The Bertz CT molecular complexity index is 1360. The van der Waals surface area contributed by atoms with E-state index in [9.17, 15) is 27.5 Å². The molecule has 0 saturated carbocycles. The number of alkyl halides is 3. The van der Waals surface area contributed by atoms with Gasteiger partial charge in [0.25, 0.3) is 5.91 Å². The van der Waals surface area contributed by atoms with Crippen LogP contribution in [0.4, 0.5) is 23.2 Å². The molecule has 3 heterocycles. The van der Waals surface area contributed by atoms with Crippen molar-refractivity contribution in [3.63, 3.8) is 0 Å². The number of fused-ring (bicyclic) bond motifs is 1. The van der Waals surface area contributed by atoms with Gasteiger partial charge in [-0.3, -0.25) is 9.20 Å². The molecule has 0 bridgehead atoms. The SMILES string of the molecule is Cc1ccc(-c2noc(CC[C@@](C)(O)C(F)(F)F)n2)cc1NC(=O)c1cnc2ccc(F)cn12. The van der Waals surface area contributed by atoms with E-state index in [4.69, 9.17) is 4.52 Å². The predicted molar refractivity (Wildman–Crippen MR) is 113 cm³/mol. The van der Waals surface area contributed by atoms with Crippen LogP contribution < -0.4 is 5.32 Å². The Balaban J connectivity index is 1.52. The molecule has 8 nitrogen and oxygen atoms in total. The van der Waals surface area contributed by atoms with Crippen molar-refractivity contribution >= 4 is 17.2 Å². The molecule has 0 radical (unpaired) electrons. The molecule has 0 aliphatic heterocycles. The number of nitrogens with one attached hydrogen (secondary N) is 1. The minimum absolute atomic E-state index is 0.0709. The van der Waals surface area contributed by atoms with E-state index in [1.165, 1.54) is 22.7 Å². The Morgan fingerprint density at radius 2 is 2.00 bits per heavy atom. The molecule has 4 aromatic rings. The van der Waals surface area contributed by atoms with Gasteiger partial charge < -0.3 is 14.9 Å². The molecule has 3 aromatic heterocycles. The van der Waals surface area contributed by atoms with E-state index in [0.29, 0.717) is 29.4 Å². The van der Waals surface area contributed by atoms with Crippen LogP contribution in [0.3, 0.4) is 0 Å². The first-order valence-electron chi connectivity index (χ1n) is 10.1. The number of benzene rings is 1. The van der Waals surface area contributed by atoms with Gasteiger partial charge in [0, 0.05) is 23.9 Å². The van der Waals surface area contributed by atoms with Gasteiger partial charge in [0.1, 0.15) is 17.2 Å². The smallest absolute Gasteiger partial charge is 0.381 e. The van der Waals surface area contributed by atoms with E-state index < -0.39 is 29.9 Å². The fraction of sp³-hybridized carbons (Fsp3) is 0.273. The molecule has 12 heteroatoms. The number of amides is 1. The van der Waals surface area contributed by atoms with Crippen LogP contribution in [0.25, 0.3) is 17.0 Å². The van der Waals surface area contributed by atoms with Crippen molar-refractivity contribution in [2.45, 2.75) is 38.5 Å². The van der Waals surface area contributed by atoms with Gasteiger partial charge >= 0.3 is 6.18 Å². The summed E-state index contributed by atoms with van der Waals surface area (Å²) in [7, 11) is 0. The summed E-state index contributed by atoms with van der Waals surface area (Å²) in [6, 6.07) is 7.62. The summed E-state index contributed by atoms with van der Waals surface area (Å²) in [5.74, 6) is -1.02. The molecule has 0 aliphatic rings. The van der Waals surface area contributed by atoms with Crippen molar-refractivity contribution in [2.24, 2.45) is 0 Å². The van der Waals surface area contributed by atoms with Crippen LogP contribution in [-0.4, -0.2) is 42.3 Å². The average molecular weight is 477 g/mol. The number of aryl methyl sites for hydroxylation is 2. The van der Waals surface area contributed by atoms with E-state index in [1.54, 1.807) is 25.1 Å². The number of carbonyl (C=O) groups excluding carboxylic acids is 1. The van der Waals surface area contributed by atoms with E-state index in [-0.39, 0.29) is 23.8 Å². The number of nitrogens with zero attached hydrogens (tertiary/aromatic N) is 4. The van der Waals surface area contributed by atoms with Gasteiger partial charge in [0.05, 0.1) is 6.20 Å². The largest absolute Gasteiger partial charge is 0.416 e. The first-order chi connectivity index (χ1) is 15.9. The maximum absolute atomic E-state index is 13.6. The molecular formula is C22H19F4N5O3. The number of pyridine rings is 1. The third-order valence-electron chi connectivity index (χ3n) is 5.35. The lowest BCUT2D eigenvalue weighted by Crippen LogP contribution is -2.42. The molecule has 1 amide bonds. The van der Waals surface area contributed by atoms with Crippen LogP contribution >= 0.6 is 0 Å². The molecule has 34 heavy (non-hydrogen) atoms. The lowest BCUT2D eigenvalue weighted by atomic mass is 10.00. The Hall–Kier alpha value is -3.80. The number of aliphatic hydroxyl groups is 1. The quantitative estimate of drug-likeness (QED) is 0.401. The number of halogens is 4.